The van der Waals surface area contributed by atoms with Crippen molar-refractivity contribution in [2.24, 2.45) is 22.4 Å². The Hall–Kier alpha value is -5.44. The van der Waals surface area contributed by atoms with Crippen LogP contribution in [0.2, 0.25) is 0 Å². The standard InChI is InChI=1S/C32H32N8O4/c33-15-20-5-8-26-27(13-20)39-28(18-38-26)21(16-34)17-37-23-11-19(12-23)3-1-9-36-22-6-7-24-25(14-22)32(44)40(31(24)43)29(30(35)42)4-2-10-41/h5-8,10,13-14,16-19,23,29,36H,1-4,9,11-12,34H2,(H2,35,42). The van der Waals surface area contributed by atoms with Gasteiger partial charge < -0.3 is 21.6 Å². The van der Waals surface area contributed by atoms with Gasteiger partial charge in [-0.05, 0) is 74.4 Å². The zero-order valence-corrected chi connectivity index (χ0v) is 24.0. The molecule has 0 saturated heterocycles. The summed E-state index contributed by atoms with van der Waals surface area (Å²) in [4.78, 5) is 63.0. The topological polar surface area (TPSA) is 198 Å². The summed E-state index contributed by atoms with van der Waals surface area (Å²) in [6, 6.07) is 11.2. The number of allylic oxidation sites excluding steroid dienone is 1. The van der Waals surface area contributed by atoms with Crippen molar-refractivity contribution in [3.63, 3.8) is 0 Å². The van der Waals surface area contributed by atoms with Gasteiger partial charge in [-0.3, -0.25) is 29.3 Å². The molecule has 1 fully saturated rings. The minimum absolute atomic E-state index is 0.00230. The first kappa shape index (κ1) is 30.0. The van der Waals surface area contributed by atoms with E-state index in [0.717, 1.165) is 30.6 Å². The Morgan fingerprint density at radius 3 is 2.68 bits per heavy atom. The van der Waals surface area contributed by atoms with Crippen molar-refractivity contribution >= 4 is 52.5 Å². The second kappa shape index (κ2) is 13.2. The van der Waals surface area contributed by atoms with Gasteiger partial charge in [0.25, 0.3) is 11.8 Å². The summed E-state index contributed by atoms with van der Waals surface area (Å²) in [6.45, 7) is 0.687. The first-order chi connectivity index (χ1) is 21.3. The number of nitrogens with one attached hydrogen (secondary N) is 1. The van der Waals surface area contributed by atoms with Crippen LogP contribution in [0.25, 0.3) is 16.6 Å². The van der Waals surface area contributed by atoms with Gasteiger partial charge in [-0.25, -0.2) is 4.98 Å². The first-order valence-corrected chi connectivity index (χ1v) is 14.4. The van der Waals surface area contributed by atoms with E-state index >= 15 is 0 Å². The number of nitriles is 1. The molecule has 0 radical (unpaired) electrons. The Morgan fingerprint density at radius 1 is 1.16 bits per heavy atom. The Bertz CT molecular complexity index is 1720. The number of anilines is 1. The Kier molecular flexibility index (Phi) is 9.04. The van der Waals surface area contributed by atoms with Crippen LogP contribution in [0.1, 0.15) is 70.5 Å². The van der Waals surface area contributed by atoms with Crippen molar-refractivity contribution in [1.29, 1.82) is 5.26 Å². The van der Waals surface area contributed by atoms with E-state index in [1.807, 2.05) is 0 Å². The Morgan fingerprint density at radius 2 is 1.95 bits per heavy atom. The van der Waals surface area contributed by atoms with Crippen molar-refractivity contribution in [3.8, 4) is 6.07 Å². The Balaban J connectivity index is 1.08. The second-order valence-electron chi connectivity index (χ2n) is 10.9. The summed E-state index contributed by atoms with van der Waals surface area (Å²) in [6.07, 6.45) is 9.35. The molecule has 3 aromatic rings. The molecule has 44 heavy (non-hydrogen) atoms. The molecule has 2 aliphatic rings. The zero-order chi connectivity index (χ0) is 31.2. The van der Waals surface area contributed by atoms with E-state index in [0.29, 0.717) is 52.3 Å². The third-order valence-corrected chi connectivity index (χ3v) is 8.02. The van der Waals surface area contributed by atoms with Gasteiger partial charge in [0.1, 0.15) is 12.3 Å². The molecule has 1 aliphatic heterocycles. The lowest BCUT2D eigenvalue weighted by molar-refractivity contribution is -0.122. The van der Waals surface area contributed by atoms with Gasteiger partial charge in [-0.1, -0.05) is 0 Å². The lowest BCUT2D eigenvalue weighted by atomic mass is 9.78. The quantitative estimate of drug-likeness (QED) is 0.116. The highest BCUT2D eigenvalue weighted by molar-refractivity contribution is 6.23. The van der Waals surface area contributed by atoms with E-state index in [4.69, 9.17) is 21.7 Å². The first-order valence-electron chi connectivity index (χ1n) is 14.4. The molecule has 224 valence electrons. The van der Waals surface area contributed by atoms with E-state index in [-0.39, 0.29) is 30.0 Å². The third kappa shape index (κ3) is 6.32. The normalized spacial score (nSPS) is 18.6. The molecule has 5 N–H and O–H groups in total. The van der Waals surface area contributed by atoms with E-state index in [9.17, 15) is 19.2 Å². The number of aromatic nitrogens is 2. The molecule has 0 spiro atoms. The monoisotopic (exact) mass is 592 g/mol. The molecule has 2 aromatic carbocycles. The van der Waals surface area contributed by atoms with Crippen LogP contribution in [0, 0.1) is 17.2 Å². The van der Waals surface area contributed by atoms with Crippen LogP contribution in [-0.4, -0.2) is 63.7 Å². The van der Waals surface area contributed by atoms with Crippen LogP contribution in [0.5, 0.6) is 0 Å². The molecule has 5 rings (SSSR count). The number of fused-ring (bicyclic) bond motifs is 2. The second-order valence-corrected chi connectivity index (χ2v) is 10.9. The summed E-state index contributed by atoms with van der Waals surface area (Å²) < 4.78 is 0. The molecule has 3 amide bonds. The smallest absolute Gasteiger partial charge is 0.262 e. The van der Waals surface area contributed by atoms with Crippen LogP contribution in [0.4, 0.5) is 5.69 Å². The van der Waals surface area contributed by atoms with Crippen LogP contribution in [0.15, 0.2) is 53.8 Å². The van der Waals surface area contributed by atoms with Gasteiger partial charge in [0, 0.05) is 36.6 Å². The fraction of sp³-hybridized carbons (Fsp3) is 0.312. The maximum atomic E-state index is 13.0. The minimum Gasteiger partial charge on any atom is -0.404 e. The van der Waals surface area contributed by atoms with Gasteiger partial charge in [-0.2, -0.15) is 5.26 Å². The molecule has 1 atom stereocenters. The molecular weight excluding hydrogens is 560 g/mol. The molecule has 12 nitrogen and oxygen atoms in total. The number of rotatable bonds is 13. The Labute approximate surface area is 253 Å². The number of carbonyl (C=O) groups is 4. The van der Waals surface area contributed by atoms with Gasteiger partial charge in [-0.15, -0.1) is 0 Å². The van der Waals surface area contributed by atoms with Crippen molar-refractivity contribution in [2.45, 2.75) is 50.6 Å². The average Bonchev–Trinajstić information content (AvgIpc) is 3.25. The minimum atomic E-state index is -1.16. The number of hydrogen-bond donors (Lipinski definition) is 3. The summed E-state index contributed by atoms with van der Waals surface area (Å²) >= 11 is 0. The average molecular weight is 593 g/mol. The summed E-state index contributed by atoms with van der Waals surface area (Å²) in [7, 11) is 0. The molecule has 12 heteroatoms. The number of benzene rings is 2. The number of imide groups is 1. The van der Waals surface area contributed by atoms with Crippen molar-refractivity contribution < 1.29 is 19.2 Å². The van der Waals surface area contributed by atoms with E-state index in [1.165, 1.54) is 6.20 Å². The highest BCUT2D eigenvalue weighted by Gasteiger charge is 2.42. The number of carbonyl (C=O) groups excluding carboxylic acids is 4. The maximum absolute atomic E-state index is 13.0. The van der Waals surface area contributed by atoms with Crippen LogP contribution < -0.4 is 16.8 Å². The molecule has 1 unspecified atom stereocenters. The number of aldehydes is 1. The van der Waals surface area contributed by atoms with Gasteiger partial charge >= 0.3 is 0 Å². The fourth-order valence-electron chi connectivity index (χ4n) is 5.56. The maximum Gasteiger partial charge on any atom is 0.262 e. The number of amides is 3. The molecular formula is C32H32N8O4. The summed E-state index contributed by atoms with van der Waals surface area (Å²) in [5, 5.41) is 12.5. The van der Waals surface area contributed by atoms with Gasteiger partial charge in [0.15, 0.2) is 0 Å². The highest BCUT2D eigenvalue weighted by Crippen LogP contribution is 2.34. The van der Waals surface area contributed by atoms with E-state index in [2.05, 4.69) is 21.4 Å². The lowest BCUT2D eigenvalue weighted by Gasteiger charge is -2.32. The third-order valence-electron chi connectivity index (χ3n) is 8.02. The summed E-state index contributed by atoms with van der Waals surface area (Å²) in [5.41, 5.74) is 15.5. The number of nitrogens with two attached hydrogens (primary N) is 2. The van der Waals surface area contributed by atoms with Crippen LogP contribution in [0.3, 0.4) is 0 Å². The van der Waals surface area contributed by atoms with Crippen molar-refractivity contribution in [2.75, 3.05) is 11.9 Å². The van der Waals surface area contributed by atoms with E-state index in [1.54, 1.807) is 48.8 Å². The summed E-state index contributed by atoms with van der Waals surface area (Å²) in [5.74, 6) is -1.44. The molecule has 1 aliphatic carbocycles. The molecule has 0 bridgehead atoms. The SMILES string of the molecule is N#Cc1ccc2ncc(C(C=NC3CC(CCCNc4ccc5c(c4)C(=O)N(C(CCC=O)C(N)=O)C5=O)C3)=CN)nc2c1. The number of aliphatic imine (C=N–C) groups is 1. The zero-order valence-electron chi connectivity index (χ0n) is 24.0. The number of primary amides is 1. The number of nitrogens with zero attached hydrogens (tertiary/aromatic N) is 5. The van der Waals surface area contributed by atoms with Crippen LogP contribution in [-0.2, 0) is 9.59 Å². The predicted octanol–water partition coefficient (Wildman–Crippen LogP) is 2.97. The van der Waals surface area contributed by atoms with Crippen LogP contribution >= 0.6 is 0 Å². The molecule has 2 heterocycles. The highest BCUT2D eigenvalue weighted by atomic mass is 16.2. The molecule has 1 saturated carbocycles. The lowest BCUT2D eigenvalue weighted by Crippen LogP contribution is -2.47. The van der Waals surface area contributed by atoms with Crippen molar-refractivity contribution in [3.05, 3.63) is 71.2 Å². The number of hydrogen-bond acceptors (Lipinski definition) is 10. The van der Waals surface area contributed by atoms with E-state index < -0.39 is 23.8 Å². The van der Waals surface area contributed by atoms with Gasteiger partial charge in [0.05, 0.1) is 51.7 Å². The molecule has 1 aromatic heterocycles. The predicted molar refractivity (Wildman–Crippen MR) is 164 cm³/mol. The van der Waals surface area contributed by atoms with Crippen molar-refractivity contribution in [1.82, 2.24) is 14.9 Å². The van der Waals surface area contributed by atoms with Gasteiger partial charge in [0.2, 0.25) is 5.91 Å². The largest absolute Gasteiger partial charge is 0.404 e. The fourth-order valence-corrected chi connectivity index (χ4v) is 5.56.